The summed E-state index contributed by atoms with van der Waals surface area (Å²) < 4.78 is 0. The van der Waals surface area contributed by atoms with Gasteiger partial charge in [0.15, 0.2) is 0 Å². The predicted molar refractivity (Wildman–Crippen MR) is 142 cm³/mol. The summed E-state index contributed by atoms with van der Waals surface area (Å²) in [7, 11) is 0. The standard InChI is InChI=1S/C30H27N3O5/c1-2-17-11-13-19(14-12-17)33-27(35)24-25(28(33)36)30(29(37)38,32-26(24)21-8-4-6-10-23(21)34)15-18-16-31-22-9-5-3-7-20(18)22/h3-14,16,24-26,31-32,34H,2,15H2,1H3,(H,37,38)/t24-,25+,26+,30-/m0/s1. The molecule has 6 rings (SSSR count). The van der Waals surface area contributed by atoms with Crippen LogP contribution in [0.15, 0.2) is 79.0 Å². The van der Waals surface area contributed by atoms with Gasteiger partial charge < -0.3 is 15.2 Å². The summed E-state index contributed by atoms with van der Waals surface area (Å²) in [5, 5.41) is 25.4. The van der Waals surface area contributed by atoms with Crippen LogP contribution in [0.5, 0.6) is 5.75 Å². The van der Waals surface area contributed by atoms with Gasteiger partial charge in [-0.3, -0.25) is 19.7 Å². The fourth-order valence-corrected chi connectivity index (χ4v) is 6.17. The number of carboxylic acid groups (broad SMARTS) is 1. The second-order valence-corrected chi connectivity index (χ2v) is 10.0. The molecule has 38 heavy (non-hydrogen) atoms. The summed E-state index contributed by atoms with van der Waals surface area (Å²) in [5.41, 5.74) is 1.64. The van der Waals surface area contributed by atoms with Gasteiger partial charge in [-0.05, 0) is 41.8 Å². The van der Waals surface area contributed by atoms with Gasteiger partial charge in [0, 0.05) is 35.1 Å². The summed E-state index contributed by atoms with van der Waals surface area (Å²) in [6.45, 7) is 2.01. The van der Waals surface area contributed by atoms with E-state index in [1.54, 1.807) is 36.5 Å². The van der Waals surface area contributed by atoms with Gasteiger partial charge >= 0.3 is 5.97 Å². The van der Waals surface area contributed by atoms with Crippen molar-refractivity contribution in [1.29, 1.82) is 0 Å². The van der Waals surface area contributed by atoms with Crippen molar-refractivity contribution in [2.45, 2.75) is 31.3 Å². The zero-order valence-corrected chi connectivity index (χ0v) is 20.7. The number of phenols is 1. The number of carbonyl (C=O) groups excluding carboxylic acids is 2. The number of nitrogens with zero attached hydrogens (tertiary/aromatic N) is 1. The number of aryl methyl sites for hydroxylation is 1. The number of hydrogen-bond acceptors (Lipinski definition) is 5. The molecule has 3 heterocycles. The number of aromatic amines is 1. The molecule has 192 valence electrons. The maximum absolute atomic E-state index is 14.1. The van der Waals surface area contributed by atoms with Crippen LogP contribution in [0.3, 0.4) is 0 Å². The Morgan fingerprint density at radius 1 is 0.974 bits per heavy atom. The molecule has 0 radical (unpaired) electrons. The summed E-state index contributed by atoms with van der Waals surface area (Å²) >= 11 is 0. The lowest BCUT2D eigenvalue weighted by Gasteiger charge is -2.31. The molecule has 0 aliphatic carbocycles. The molecular weight excluding hydrogens is 482 g/mol. The number of aromatic hydroxyl groups is 1. The molecule has 0 unspecified atom stereocenters. The average Bonchev–Trinajstić information content (AvgIpc) is 3.57. The van der Waals surface area contributed by atoms with Gasteiger partial charge in [-0.1, -0.05) is 55.5 Å². The number of nitrogens with one attached hydrogen (secondary N) is 2. The SMILES string of the molecule is CCc1ccc(N2C(=O)[C@@H]3[C@@H](c4ccccc4O)N[C@](Cc4c[nH]c5ccccc45)(C(=O)O)[C@H]3C2=O)cc1. The lowest BCUT2D eigenvalue weighted by molar-refractivity contribution is -0.148. The highest BCUT2D eigenvalue weighted by molar-refractivity contribution is 6.24. The third-order valence-corrected chi connectivity index (χ3v) is 8.05. The lowest BCUT2D eigenvalue weighted by Crippen LogP contribution is -2.57. The molecule has 0 spiro atoms. The number of carboxylic acids is 1. The fourth-order valence-electron chi connectivity index (χ4n) is 6.17. The molecule has 8 nitrogen and oxygen atoms in total. The van der Waals surface area contributed by atoms with Crippen LogP contribution >= 0.6 is 0 Å². The molecule has 1 aromatic heterocycles. The van der Waals surface area contributed by atoms with Crippen molar-refractivity contribution in [1.82, 2.24) is 10.3 Å². The second kappa shape index (κ2) is 8.85. The number of anilines is 1. The van der Waals surface area contributed by atoms with E-state index < -0.39 is 41.2 Å². The summed E-state index contributed by atoms with van der Waals surface area (Å²) in [6, 6.07) is 20.4. The number of aromatic nitrogens is 1. The predicted octanol–water partition coefficient (Wildman–Crippen LogP) is 3.95. The molecule has 2 saturated heterocycles. The van der Waals surface area contributed by atoms with Gasteiger partial charge in [-0.25, -0.2) is 4.90 Å². The van der Waals surface area contributed by atoms with Crippen molar-refractivity contribution in [3.05, 3.63) is 95.7 Å². The normalized spacial score (nSPS) is 24.8. The highest BCUT2D eigenvalue weighted by Gasteiger charge is 2.69. The molecule has 2 aliphatic rings. The Hall–Kier alpha value is -4.43. The van der Waals surface area contributed by atoms with Crippen LogP contribution in [0.25, 0.3) is 10.9 Å². The topological polar surface area (TPSA) is 123 Å². The Bertz CT molecular complexity index is 1580. The zero-order chi connectivity index (χ0) is 26.6. The monoisotopic (exact) mass is 509 g/mol. The highest BCUT2D eigenvalue weighted by Crippen LogP contribution is 2.52. The van der Waals surface area contributed by atoms with Crippen LogP contribution in [-0.2, 0) is 27.2 Å². The molecule has 4 atom stereocenters. The number of amides is 2. The maximum Gasteiger partial charge on any atom is 0.325 e. The number of benzene rings is 3. The molecular formula is C30H27N3O5. The van der Waals surface area contributed by atoms with Crippen LogP contribution in [0.2, 0.25) is 0 Å². The number of fused-ring (bicyclic) bond motifs is 2. The summed E-state index contributed by atoms with van der Waals surface area (Å²) in [4.78, 5) is 45.5. The lowest BCUT2D eigenvalue weighted by atomic mass is 9.76. The van der Waals surface area contributed by atoms with Crippen LogP contribution in [0.4, 0.5) is 5.69 Å². The fraction of sp³-hybridized carbons (Fsp3) is 0.233. The van der Waals surface area contributed by atoms with E-state index in [1.807, 2.05) is 43.3 Å². The number of H-pyrrole nitrogens is 1. The average molecular weight is 510 g/mol. The second-order valence-electron chi connectivity index (χ2n) is 10.0. The number of hydrogen-bond donors (Lipinski definition) is 4. The Morgan fingerprint density at radius 2 is 1.68 bits per heavy atom. The Labute approximate surface area is 218 Å². The zero-order valence-electron chi connectivity index (χ0n) is 20.7. The van der Waals surface area contributed by atoms with Crippen molar-refractivity contribution < 1.29 is 24.6 Å². The third kappa shape index (κ3) is 3.44. The molecule has 0 bridgehead atoms. The number of phenolic OH excluding ortho intramolecular Hbond substituents is 1. The first kappa shape index (κ1) is 23.9. The van der Waals surface area contributed by atoms with Crippen molar-refractivity contribution in [3.63, 3.8) is 0 Å². The summed E-state index contributed by atoms with van der Waals surface area (Å²) in [5.74, 6) is -4.52. The van der Waals surface area contributed by atoms with Crippen LogP contribution in [0, 0.1) is 11.8 Å². The molecule has 4 aromatic rings. The number of aliphatic carboxylic acids is 1. The van der Waals surface area contributed by atoms with E-state index in [-0.39, 0.29) is 12.2 Å². The minimum Gasteiger partial charge on any atom is -0.508 e. The maximum atomic E-state index is 14.1. The van der Waals surface area contributed by atoms with E-state index in [4.69, 9.17) is 0 Å². The highest BCUT2D eigenvalue weighted by atomic mass is 16.4. The molecule has 3 aromatic carbocycles. The molecule has 4 N–H and O–H groups in total. The minimum absolute atomic E-state index is 0.0285. The van der Waals surface area contributed by atoms with Crippen molar-refractivity contribution in [2.75, 3.05) is 4.90 Å². The van der Waals surface area contributed by atoms with Crippen LogP contribution in [-0.4, -0.2) is 38.5 Å². The molecule has 2 aliphatic heterocycles. The van der Waals surface area contributed by atoms with E-state index in [9.17, 15) is 24.6 Å². The number of carbonyl (C=O) groups is 3. The molecule has 0 saturated carbocycles. The molecule has 8 heteroatoms. The van der Waals surface area contributed by atoms with Gasteiger partial charge in [0.1, 0.15) is 11.3 Å². The number of rotatable bonds is 6. The summed E-state index contributed by atoms with van der Waals surface area (Å²) in [6.07, 6.45) is 2.53. The first-order valence-corrected chi connectivity index (χ1v) is 12.7. The van der Waals surface area contributed by atoms with Gasteiger partial charge in [0.2, 0.25) is 11.8 Å². The van der Waals surface area contributed by atoms with Gasteiger partial charge in [-0.15, -0.1) is 0 Å². The van der Waals surface area contributed by atoms with Crippen molar-refractivity contribution >= 4 is 34.4 Å². The van der Waals surface area contributed by atoms with Crippen LogP contribution in [0.1, 0.15) is 29.7 Å². The first-order valence-electron chi connectivity index (χ1n) is 12.7. The third-order valence-electron chi connectivity index (χ3n) is 8.05. The Morgan fingerprint density at radius 3 is 2.39 bits per heavy atom. The van der Waals surface area contributed by atoms with E-state index in [2.05, 4.69) is 10.3 Å². The largest absolute Gasteiger partial charge is 0.508 e. The van der Waals surface area contributed by atoms with Crippen molar-refractivity contribution in [3.8, 4) is 5.75 Å². The van der Waals surface area contributed by atoms with E-state index in [0.717, 1.165) is 33.4 Å². The van der Waals surface area contributed by atoms with E-state index >= 15 is 0 Å². The minimum atomic E-state index is -1.78. The van der Waals surface area contributed by atoms with Crippen LogP contribution < -0.4 is 10.2 Å². The first-order chi connectivity index (χ1) is 18.4. The smallest absolute Gasteiger partial charge is 0.325 e. The van der Waals surface area contributed by atoms with Gasteiger partial charge in [0.25, 0.3) is 0 Å². The van der Waals surface area contributed by atoms with E-state index in [0.29, 0.717) is 11.3 Å². The van der Waals surface area contributed by atoms with Crippen molar-refractivity contribution in [2.24, 2.45) is 11.8 Å². The quantitative estimate of drug-likeness (QED) is 0.292. The molecule has 2 amide bonds. The van der Waals surface area contributed by atoms with Gasteiger partial charge in [0.05, 0.1) is 17.5 Å². The molecule has 2 fully saturated rings. The Balaban J connectivity index is 1.51. The number of para-hydroxylation sites is 2. The Kier molecular flexibility index (Phi) is 5.57. The number of imide groups is 1. The van der Waals surface area contributed by atoms with Gasteiger partial charge in [-0.2, -0.15) is 0 Å². The van der Waals surface area contributed by atoms with E-state index in [1.165, 1.54) is 6.07 Å².